The molecule has 106 valence electrons. The average Bonchev–Trinajstić information content (AvgIpc) is 2.39. The molecule has 3 nitrogen and oxygen atoms in total. The minimum Gasteiger partial charge on any atom is -0.316 e. The normalized spacial score (nSPS) is 28.3. The molecule has 19 heavy (non-hydrogen) atoms. The van der Waals surface area contributed by atoms with Gasteiger partial charge in [0, 0.05) is 6.04 Å². The summed E-state index contributed by atoms with van der Waals surface area (Å²) in [4.78, 5) is 0.216. The molecular formula is C14H20FNO2S. The molecule has 1 aromatic rings. The van der Waals surface area contributed by atoms with Crippen molar-refractivity contribution >= 4 is 9.84 Å². The van der Waals surface area contributed by atoms with Crippen molar-refractivity contribution in [1.82, 2.24) is 5.32 Å². The standard InChI is InChI=1S/C14H20FNO2S/c1-10-3-8-13(16-2)14(9-10)19(17,18)12-6-4-11(15)5-7-12/h4-7,10,13-14,16H,3,8-9H2,1-2H3. The Morgan fingerprint density at radius 1 is 1.21 bits per heavy atom. The van der Waals surface area contributed by atoms with E-state index in [1.165, 1.54) is 24.3 Å². The molecule has 0 aromatic heterocycles. The van der Waals surface area contributed by atoms with Crippen LogP contribution in [0.3, 0.4) is 0 Å². The first-order chi connectivity index (χ1) is 8.95. The lowest BCUT2D eigenvalue weighted by molar-refractivity contribution is 0.319. The summed E-state index contributed by atoms with van der Waals surface area (Å²) in [5, 5.41) is 2.68. The number of hydrogen-bond donors (Lipinski definition) is 1. The minimum absolute atomic E-state index is 0.0220. The zero-order valence-corrected chi connectivity index (χ0v) is 12.1. The number of benzene rings is 1. The number of halogens is 1. The Labute approximate surface area is 114 Å². The maximum Gasteiger partial charge on any atom is 0.182 e. The van der Waals surface area contributed by atoms with Gasteiger partial charge in [-0.1, -0.05) is 6.92 Å². The van der Waals surface area contributed by atoms with Gasteiger partial charge in [-0.2, -0.15) is 0 Å². The lowest BCUT2D eigenvalue weighted by Gasteiger charge is -2.34. The molecule has 1 fully saturated rings. The Bertz CT molecular complexity index is 527. The van der Waals surface area contributed by atoms with Crippen LogP contribution in [-0.4, -0.2) is 26.8 Å². The summed E-state index contributed by atoms with van der Waals surface area (Å²) in [5.41, 5.74) is 0. The smallest absolute Gasteiger partial charge is 0.182 e. The predicted octanol–water partition coefficient (Wildman–Crippen LogP) is 2.38. The minimum atomic E-state index is -3.40. The fraction of sp³-hybridized carbons (Fsp3) is 0.571. The van der Waals surface area contributed by atoms with E-state index in [1.807, 2.05) is 0 Å². The van der Waals surface area contributed by atoms with Crippen LogP contribution < -0.4 is 5.32 Å². The summed E-state index contributed by atoms with van der Waals surface area (Å²) in [6, 6.07) is 5.10. The second-order valence-electron chi connectivity index (χ2n) is 5.35. The Kier molecular flexibility index (Phi) is 4.26. The Morgan fingerprint density at radius 2 is 1.84 bits per heavy atom. The van der Waals surface area contributed by atoms with Crippen molar-refractivity contribution in [2.45, 2.75) is 42.4 Å². The van der Waals surface area contributed by atoms with Crippen LogP contribution >= 0.6 is 0 Å². The van der Waals surface area contributed by atoms with Crippen LogP contribution in [0.5, 0.6) is 0 Å². The van der Waals surface area contributed by atoms with Crippen LogP contribution in [0.4, 0.5) is 4.39 Å². The second-order valence-corrected chi connectivity index (χ2v) is 7.52. The maximum atomic E-state index is 12.9. The summed E-state index contributed by atoms with van der Waals surface area (Å²) in [6.07, 6.45) is 2.56. The largest absolute Gasteiger partial charge is 0.316 e. The monoisotopic (exact) mass is 285 g/mol. The van der Waals surface area contributed by atoms with E-state index < -0.39 is 20.9 Å². The SMILES string of the molecule is CNC1CCC(C)CC1S(=O)(=O)c1ccc(F)cc1. The van der Waals surface area contributed by atoms with Crippen LogP contribution in [0.2, 0.25) is 0 Å². The van der Waals surface area contributed by atoms with Gasteiger partial charge >= 0.3 is 0 Å². The van der Waals surface area contributed by atoms with Gasteiger partial charge in [-0.3, -0.25) is 0 Å². The molecule has 3 unspecified atom stereocenters. The zero-order valence-electron chi connectivity index (χ0n) is 11.3. The van der Waals surface area contributed by atoms with Gasteiger partial charge < -0.3 is 5.32 Å². The molecule has 1 N–H and O–H groups in total. The van der Waals surface area contributed by atoms with E-state index in [4.69, 9.17) is 0 Å². The molecule has 0 radical (unpaired) electrons. The van der Waals surface area contributed by atoms with E-state index in [0.717, 1.165) is 12.8 Å². The molecule has 5 heteroatoms. The van der Waals surface area contributed by atoms with E-state index in [1.54, 1.807) is 7.05 Å². The fourth-order valence-corrected chi connectivity index (χ4v) is 4.95. The highest BCUT2D eigenvalue weighted by molar-refractivity contribution is 7.92. The van der Waals surface area contributed by atoms with Crippen LogP contribution in [0.15, 0.2) is 29.2 Å². The van der Waals surface area contributed by atoms with Crippen molar-refractivity contribution in [2.75, 3.05) is 7.05 Å². The average molecular weight is 285 g/mol. The van der Waals surface area contributed by atoms with Crippen molar-refractivity contribution in [1.29, 1.82) is 0 Å². The molecule has 3 atom stereocenters. The molecule has 1 aliphatic rings. The van der Waals surface area contributed by atoms with Crippen LogP contribution in [0.1, 0.15) is 26.2 Å². The van der Waals surface area contributed by atoms with E-state index in [2.05, 4.69) is 12.2 Å². The van der Waals surface area contributed by atoms with Crippen molar-refractivity contribution in [3.8, 4) is 0 Å². The molecule has 0 aliphatic heterocycles. The van der Waals surface area contributed by atoms with Gasteiger partial charge in [0.05, 0.1) is 10.1 Å². The molecule has 1 aliphatic carbocycles. The summed E-state index contributed by atoms with van der Waals surface area (Å²) in [5.74, 6) is -0.00838. The predicted molar refractivity (Wildman–Crippen MR) is 73.2 cm³/mol. The van der Waals surface area contributed by atoms with Gasteiger partial charge in [-0.15, -0.1) is 0 Å². The van der Waals surface area contributed by atoms with E-state index in [0.29, 0.717) is 12.3 Å². The molecular weight excluding hydrogens is 265 g/mol. The maximum absolute atomic E-state index is 12.9. The van der Waals surface area contributed by atoms with Crippen LogP contribution in [0.25, 0.3) is 0 Å². The molecule has 0 saturated heterocycles. The summed E-state index contributed by atoms with van der Waals surface area (Å²) < 4.78 is 38.2. The van der Waals surface area contributed by atoms with E-state index in [-0.39, 0.29) is 10.9 Å². The van der Waals surface area contributed by atoms with E-state index >= 15 is 0 Å². The highest BCUT2D eigenvalue weighted by atomic mass is 32.2. The molecule has 0 heterocycles. The number of nitrogens with one attached hydrogen (secondary N) is 1. The fourth-order valence-electron chi connectivity index (χ4n) is 2.80. The zero-order chi connectivity index (χ0) is 14.0. The van der Waals surface area contributed by atoms with Crippen LogP contribution in [0, 0.1) is 11.7 Å². The van der Waals surface area contributed by atoms with Gasteiger partial charge in [0.2, 0.25) is 0 Å². The summed E-state index contributed by atoms with van der Waals surface area (Å²) >= 11 is 0. The first-order valence-electron chi connectivity index (χ1n) is 6.62. The van der Waals surface area contributed by atoms with Gasteiger partial charge in [0.25, 0.3) is 0 Å². The van der Waals surface area contributed by atoms with Crippen LogP contribution in [-0.2, 0) is 9.84 Å². The highest BCUT2D eigenvalue weighted by Crippen LogP contribution is 2.32. The Hall–Kier alpha value is -0.940. The van der Waals surface area contributed by atoms with Crippen molar-refractivity contribution in [3.63, 3.8) is 0 Å². The first-order valence-corrected chi connectivity index (χ1v) is 8.16. The molecule has 0 bridgehead atoms. The van der Waals surface area contributed by atoms with Crippen molar-refractivity contribution < 1.29 is 12.8 Å². The van der Waals surface area contributed by atoms with Gasteiger partial charge in [-0.05, 0) is 56.5 Å². The summed E-state index contributed by atoms with van der Waals surface area (Å²) in [6.45, 7) is 2.08. The third kappa shape index (κ3) is 2.98. The topological polar surface area (TPSA) is 46.2 Å². The quantitative estimate of drug-likeness (QED) is 0.867. The number of sulfone groups is 1. The molecule has 1 saturated carbocycles. The Morgan fingerprint density at radius 3 is 2.42 bits per heavy atom. The highest BCUT2D eigenvalue weighted by Gasteiger charge is 2.37. The van der Waals surface area contributed by atoms with E-state index in [9.17, 15) is 12.8 Å². The number of hydrogen-bond acceptors (Lipinski definition) is 3. The molecule has 0 amide bonds. The van der Waals surface area contributed by atoms with Crippen molar-refractivity contribution in [3.05, 3.63) is 30.1 Å². The molecule has 2 rings (SSSR count). The van der Waals surface area contributed by atoms with Gasteiger partial charge in [0.15, 0.2) is 9.84 Å². The first kappa shape index (κ1) is 14.5. The second kappa shape index (κ2) is 5.59. The number of rotatable bonds is 3. The third-order valence-corrected chi connectivity index (χ3v) is 6.21. The lowest BCUT2D eigenvalue weighted by atomic mass is 9.87. The lowest BCUT2D eigenvalue weighted by Crippen LogP contribution is -2.46. The molecule has 1 aromatic carbocycles. The summed E-state index contributed by atoms with van der Waals surface area (Å²) in [7, 11) is -1.60. The van der Waals surface area contributed by atoms with Gasteiger partial charge in [-0.25, -0.2) is 12.8 Å². The molecule has 0 spiro atoms. The van der Waals surface area contributed by atoms with Gasteiger partial charge in [0.1, 0.15) is 5.82 Å². The third-order valence-electron chi connectivity index (χ3n) is 3.97. The Balaban J connectivity index is 2.33. The van der Waals surface area contributed by atoms with Crippen molar-refractivity contribution in [2.24, 2.45) is 5.92 Å².